The first-order valence-electron chi connectivity index (χ1n) is 11.2. The summed E-state index contributed by atoms with van der Waals surface area (Å²) < 4.78 is 12.9. The number of halogens is 1. The molecule has 2 atom stereocenters. The second-order valence-electron chi connectivity index (χ2n) is 8.40. The number of hydrogen-bond donors (Lipinski definition) is 2. The Morgan fingerprint density at radius 3 is 2.60 bits per heavy atom. The van der Waals surface area contributed by atoms with E-state index < -0.39 is 42.8 Å². The lowest BCUT2D eigenvalue weighted by molar-refractivity contribution is -0.140. The topological polar surface area (TPSA) is 117 Å². The maximum atomic E-state index is 13.3. The number of aromatic nitrogens is 1. The number of fused-ring (bicyclic) bond motifs is 2. The van der Waals surface area contributed by atoms with Crippen molar-refractivity contribution in [2.45, 2.75) is 38.4 Å². The predicted molar refractivity (Wildman–Crippen MR) is 126 cm³/mol. The van der Waals surface area contributed by atoms with Gasteiger partial charge in [-0.1, -0.05) is 31.2 Å². The van der Waals surface area contributed by atoms with Gasteiger partial charge in [0.05, 0.1) is 11.9 Å². The second-order valence-corrected chi connectivity index (χ2v) is 8.40. The Morgan fingerprint density at radius 1 is 1.14 bits per heavy atom. The number of Topliss-reactive ketones (excluding diaryl/α,β-unsaturated/α-hetero) is 1. The average molecular weight is 477 g/mol. The first-order valence-corrected chi connectivity index (χ1v) is 11.2. The maximum absolute atomic E-state index is 13.3. The number of benzene rings is 2. The summed E-state index contributed by atoms with van der Waals surface area (Å²) in [5.41, 5.74) is 3.86. The highest BCUT2D eigenvalue weighted by molar-refractivity contribution is 6.03. The Labute approximate surface area is 200 Å². The molecule has 3 aromatic rings. The Morgan fingerprint density at radius 2 is 1.89 bits per heavy atom. The quantitative estimate of drug-likeness (QED) is 0.489. The van der Waals surface area contributed by atoms with Gasteiger partial charge in [-0.2, -0.15) is 0 Å². The van der Waals surface area contributed by atoms with Crippen LogP contribution in [0.25, 0.3) is 22.0 Å². The molecule has 8 nitrogen and oxygen atoms in total. The van der Waals surface area contributed by atoms with Crippen molar-refractivity contribution in [2.75, 3.05) is 6.67 Å². The molecule has 0 bridgehead atoms. The number of carboxylic acid groups (broad SMARTS) is 1. The van der Waals surface area contributed by atoms with Crippen LogP contribution in [0.15, 0.2) is 54.7 Å². The summed E-state index contributed by atoms with van der Waals surface area (Å²) in [6.07, 6.45) is 1.23. The SMILES string of the molecule is CCC(C(=O)NC(CC(=O)O)C(=O)CF)N1Cc2ccc(-c3ccc4ncccc4c3)cc2C1=O. The largest absolute Gasteiger partial charge is 0.481 e. The number of amides is 2. The summed E-state index contributed by atoms with van der Waals surface area (Å²) >= 11 is 0. The zero-order valence-corrected chi connectivity index (χ0v) is 19.0. The van der Waals surface area contributed by atoms with E-state index in [1.165, 1.54) is 4.90 Å². The number of carboxylic acids is 1. The number of nitrogens with zero attached hydrogens (tertiary/aromatic N) is 2. The molecule has 0 radical (unpaired) electrons. The number of hydrogen-bond acceptors (Lipinski definition) is 5. The first-order chi connectivity index (χ1) is 16.8. The van der Waals surface area contributed by atoms with Crippen LogP contribution in [-0.2, 0) is 20.9 Å². The van der Waals surface area contributed by atoms with E-state index in [1.807, 2.05) is 42.5 Å². The first kappa shape index (κ1) is 24.0. The van der Waals surface area contributed by atoms with E-state index in [1.54, 1.807) is 19.2 Å². The number of ketones is 1. The molecule has 4 rings (SSSR count). The van der Waals surface area contributed by atoms with Crippen molar-refractivity contribution >= 4 is 34.5 Å². The van der Waals surface area contributed by atoms with E-state index in [0.717, 1.165) is 27.6 Å². The van der Waals surface area contributed by atoms with Gasteiger partial charge in [0.1, 0.15) is 18.8 Å². The van der Waals surface area contributed by atoms with Gasteiger partial charge in [0.2, 0.25) is 5.91 Å². The van der Waals surface area contributed by atoms with Gasteiger partial charge in [0, 0.05) is 23.7 Å². The van der Waals surface area contributed by atoms with Crippen molar-refractivity contribution in [3.8, 4) is 11.1 Å². The van der Waals surface area contributed by atoms with Crippen molar-refractivity contribution in [3.63, 3.8) is 0 Å². The summed E-state index contributed by atoms with van der Waals surface area (Å²) in [7, 11) is 0. The zero-order valence-electron chi connectivity index (χ0n) is 19.0. The number of aliphatic carboxylic acids is 1. The van der Waals surface area contributed by atoms with Gasteiger partial charge in [-0.05, 0) is 47.4 Å². The van der Waals surface area contributed by atoms with Crippen LogP contribution in [0.2, 0.25) is 0 Å². The monoisotopic (exact) mass is 477 g/mol. The molecule has 1 aliphatic heterocycles. The van der Waals surface area contributed by atoms with E-state index in [-0.39, 0.29) is 18.9 Å². The second kappa shape index (κ2) is 10.0. The lowest BCUT2D eigenvalue weighted by Crippen LogP contribution is -2.52. The Hall–Kier alpha value is -4.14. The minimum Gasteiger partial charge on any atom is -0.481 e. The van der Waals surface area contributed by atoms with Crippen LogP contribution in [0.1, 0.15) is 35.7 Å². The fraction of sp³-hybridized carbons (Fsp3) is 0.269. The molecule has 0 saturated carbocycles. The van der Waals surface area contributed by atoms with Crippen LogP contribution in [0, 0.1) is 0 Å². The predicted octanol–water partition coefficient (Wildman–Crippen LogP) is 3.13. The van der Waals surface area contributed by atoms with Crippen molar-refractivity contribution in [2.24, 2.45) is 0 Å². The fourth-order valence-corrected chi connectivity index (χ4v) is 4.34. The lowest BCUT2D eigenvalue weighted by Gasteiger charge is -2.27. The van der Waals surface area contributed by atoms with Crippen molar-refractivity contribution in [1.29, 1.82) is 0 Å². The fourth-order valence-electron chi connectivity index (χ4n) is 4.34. The Balaban J connectivity index is 1.56. The van der Waals surface area contributed by atoms with Crippen LogP contribution >= 0.6 is 0 Å². The highest BCUT2D eigenvalue weighted by atomic mass is 19.1. The Kier molecular flexibility index (Phi) is 6.86. The molecule has 0 aliphatic carbocycles. The van der Waals surface area contributed by atoms with E-state index in [9.17, 15) is 23.6 Å². The molecule has 0 fully saturated rings. The molecule has 1 aliphatic rings. The summed E-state index contributed by atoms with van der Waals surface area (Å²) in [5.74, 6) is -3.39. The van der Waals surface area contributed by atoms with Crippen molar-refractivity contribution < 1.29 is 28.7 Å². The molecule has 0 spiro atoms. The number of nitrogens with one attached hydrogen (secondary N) is 1. The van der Waals surface area contributed by atoms with E-state index in [0.29, 0.717) is 5.56 Å². The third kappa shape index (κ3) is 4.89. The molecule has 180 valence electrons. The van der Waals surface area contributed by atoms with E-state index in [2.05, 4.69) is 10.3 Å². The highest BCUT2D eigenvalue weighted by Gasteiger charge is 2.37. The highest BCUT2D eigenvalue weighted by Crippen LogP contribution is 2.31. The molecule has 2 aromatic carbocycles. The number of pyridine rings is 1. The van der Waals surface area contributed by atoms with Gasteiger partial charge in [-0.25, -0.2) is 4.39 Å². The van der Waals surface area contributed by atoms with Gasteiger partial charge >= 0.3 is 5.97 Å². The van der Waals surface area contributed by atoms with Crippen molar-refractivity contribution in [3.05, 3.63) is 65.9 Å². The van der Waals surface area contributed by atoms with Gasteiger partial charge in [-0.15, -0.1) is 0 Å². The molecule has 2 N–H and O–H groups in total. The molecule has 9 heteroatoms. The lowest BCUT2D eigenvalue weighted by atomic mass is 9.99. The van der Waals surface area contributed by atoms with Crippen molar-refractivity contribution in [1.82, 2.24) is 15.2 Å². The minimum atomic E-state index is -1.49. The van der Waals surface area contributed by atoms with Crippen LogP contribution < -0.4 is 5.32 Å². The van der Waals surface area contributed by atoms with Crippen LogP contribution in [0.3, 0.4) is 0 Å². The van der Waals surface area contributed by atoms with E-state index >= 15 is 0 Å². The third-order valence-electron chi connectivity index (χ3n) is 6.16. The van der Waals surface area contributed by atoms with Gasteiger partial charge in [0.25, 0.3) is 5.91 Å². The molecular weight excluding hydrogens is 453 g/mol. The maximum Gasteiger partial charge on any atom is 0.305 e. The normalized spacial score (nSPS) is 14.5. The average Bonchev–Trinajstić information content (AvgIpc) is 3.18. The van der Waals surface area contributed by atoms with Crippen LogP contribution in [-0.4, -0.2) is 57.3 Å². The molecule has 2 amide bonds. The minimum absolute atomic E-state index is 0.197. The number of rotatable bonds is 9. The van der Waals surface area contributed by atoms with Gasteiger partial charge < -0.3 is 15.3 Å². The van der Waals surface area contributed by atoms with Crippen LogP contribution in [0.5, 0.6) is 0 Å². The summed E-state index contributed by atoms with van der Waals surface area (Å²) in [6, 6.07) is 12.8. The standard InChI is InChI=1S/C26H24FN3O5/c1-2-22(25(34)29-21(12-24(32)33)23(31)13-27)30-14-18-6-5-16(11-19(18)26(30)35)15-7-8-20-17(10-15)4-3-9-28-20/h3-11,21-22H,2,12-14H2,1H3,(H,29,34)(H,32,33). The van der Waals surface area contributed by atoms with Gasteiger partial charge in [-0.3, -0.25) is 24.2 Å². The molecule has 0 saturated heterocycles. The summed E-state index contributed by atoms with van der Waals surface area (Å²) in [5, 5.41) is 12.3. The number of alkyl halides is 1. The molecule has 2 heterocycles. The molecule has 1 aromatic heterocycles. The summed E-state index contributed by atoms with van der Waals surface area (Å²) in [6.45, 7) is 0.512. The number of carbonyl (C=O) groups excluding carboxylic acids is 3. The molecular formula is C26H24FN3O5. The molecule has 2 unspecified atom stereocenters. The van der Waals surface area contributed by atoms with Gasteiger partial charge in [0.15, 0.2) is 5.78 Å². The number of carbonyl (C=O) groups is 4. The van der Waals surface area contributed by atoms with E-state index in [4.69, 9.17) is 5.11 Å². The third-order valence-corrected chi connectivity index (χ3v) is 6.16. The molecule has 35 heavy (non-hydrogen) atoms. The summed E-state index contributed by atoms with van der Waals surface area (Å²) in [4.78, 5) is 54.7. The smallest absolute Gasteiger partial charge is 0.305 e. The van der Waals surface area contributed by atoms with Crippen LogP contribution in [0.4, 0.5) is 4.39 Å². The zero-order chi connectivity index (χ0) is 25.1. The Bertz CT molecular complexity index is 1330.